The number of rotatable bonds is 7. The summed E-state index contributed by atoms with van der Waals surface area (Å²) in [6.07, 6.45) is 0.779. The summed E-state index contributed by atoms with van der Waals surface area (Å²) >= 11 is 0. The first-order chi connectivity index (χ1) is 13.6. The largest absolute Gasteiger partial charge is 0.482 e. The predicted molar refractivity (Wildman–Crippen MR) is 108 cm³/mol. The number of aryl methyl sites for hydroxylation is 2. The molecule has 1 aliphatic rings. The molecular weight excluding hydrogens is 358 g/mol. The maximum Gasteiger partial charge on any atom is 0.265 e. The van der Waals surface area contributed by atoms with E-state index in [1.54, 1.807) is 4.90 Å². The molecule has 8 nitrogen and oxygen atoms in total. The molecular formula is C20H27N5O3. The second-order valence-corrected chi connectivity index (χ2v) is 6.53. The number of nitrogens with zero attached hydrogens (tertiary/aromatic N) is 3. The smallest absolute Gasteiger partial charge is 0.265 e. The van der Waals surface area contributed by atoms with Crippen molar-refractivity contribution in [2.24, 2.45) is 4.99 Å². The summed E-state index contributed by atoms with van der Waals surface area (Å²) < 4.78 is 11.0. The molecule has 0 spiro atoms. The Balaban J connectivity index is 1.52. The molecule has 2 aromatic rings. The third kappa shape index (κ3) is 4.82. The van der Waals surface area contributed by atoms with Gasteiger partial charge in [0.05, 0.1) is 11.4 Å². The highest BCUT2D eigenvalue weighted by atomic mass is 16.5. The van der Waals surface area contributed by atoms with Crippen molar-refractivity contribution in [2.75, 3.05) is 31.1 Å². The number of oxazole rings is 1. The minimum absolute atomic E-state index is 0.0195. The number of nitrogens with one attached hydrogen (secondary N) is 2. The van der Waals surface area contributed by atoms with Crippen LogP contribution in [-0.2, 0) is 11.3 Å². The molecule has 2 N–H and O–H groups in total. The number of benzene rings is 1. The Bertz CT molecular complexity index is 827. The number of amides is 1. The van der Waals surface area contributed by atoms with Crippen LogP contribution in [0.15, 0.2) is 33.7 Å². The van der Waals surface area contributed by atoms with Gasteiger partial charge in [-0.3, -0.25) is 4.79 Å². The summed E-state index contributed by atoms with van der Waals surface area (Å²) in [5, 5.41) is 6.50. The number of ether oxygens (including phenoxy) is 1. The van der Waals surface area contributed by atoms with E-state index in [2.05, 4.69) is 20.6 Å². The van der Waals surface area contributed by atoms with Crippen LogP contribution in [-0.4, -0.2) is 43.1 Å². The Hall–Kier alpha value is -3.03. The average molecular weight is 385 g/mol. The van der Waals surface area contributed by atoms with E-state index >= 15 is 0 Å². The summed E-state index contributed by atoms with van der Waals surface area (Å²) in [5.74, 6) is 2.85. The summed E-state index contributed by atoms with van der Waals surface area (Å²) in [5.41, 5.74) is 1.72. The molecule has 8 heteroatoms. The molecule has 0 bridgehead atoms. The van der Waals surface area contributed by atoms with Crippen LogP contribution in [0.2, 0.25) is 0 Å². The summed E-state index contributed by atoms with van der Waals surface area (Å²) in [7, 11) is 0. The zero-order valence-electron chi connectivity index (χ0n) is 16.6. The summed E-state index contributed by atoms with van der Waals surface area (Å²) in [6, 6.07) is 7.61. The van der Waals surface area contributed by atoms with Crippen molar-refractivity contribution in [1.29, 1.82) is 0 Å². The van der Waals surface area contributed by atoms with Gasteiger partial charge in [-0.25, -0.2) is 9.98 Å². The van der Waals surface area contributed by atoms with E-state index < -0.39 is 0 Å². The highest BCUT2D eigenvalue weighted by Crippen LogP contribution is 2.31. The number of hydrogen-bond donors (Lipinski definition) is 2. The van der Waals surface area contributed by atoms with Crippen LogP contribution in [0.3, 0.4) is 0 Å². The van der Waals surface area contributed by atoms with Gasteiger partial charge in [-0.2, -0.15) is 0 Å². The summed E-state index contributed by atoms with van der Waals surface area (Å²) in [6.45, 7) is 8.34. The fourth-order valence-corrected chi connectivity index (χ4v) is 2.94. The molecule has 0 saturated heterocycles. The van der Waals surface area contributed by atoms with Crippen LogP contribution in [0.5, 0.6) is 5.75 Å². The highest BCUT2D eigenvalue weighted by Gasteiger charge is 2.24. The lowest BCUT2D eigenvalue weighted by Gasteiger charge is -2.29. The fourth-order valence-electron chi connectivity index (χ4n) is 2.94. The van der Waals surface area contributed by atoms with Crippen molar-refractivity contribution in [3.63, 3.8) is 0 Å². The standard InChI is InChI=1S/C20H27N5O3/c1-4-21-20(23-12-18-24-14(2)15(3)28-18)22-10-7-11-25-16-8-5-6-9-17(16)27-13-19(25)26/h5-6,8-9H,4,7,10-13H2,1-3H3,(H2,21,22,23). The Morgan fingerprint density at radius 1 is 1.29 bits per heavy atom. The van der Waals surface area contributed by atoms with Gasteiger partial charge in [0.25, 0.3) is 5.91 Å². The Labute approximate surface area is 165 Å². The van der Waals surface area contributed by atoms with Gasteiger partial charge in [0.15, 0.2) is 12.6 Å². The molecule has 0 fully saturated rings. The Morgan fingerprint density at radius 2 is 2.11 bits per heavy atom. The number of guanidine groups is 1. The number of anilines is 1. The third-order valence-corrected chi connectivity index (χ3v) is 4.45. The zero-order chi connectivity index (χ0) is 19.9. The van der Waals surface area contributed by atoms with Gasteiger partial charge in [0.2, 0.25) is 5.89 Å². The number of fused-ring (bicyclic) bond motifs is 1. The topological polar surface area (TPSA) is 92.0 Å². The maximum atomic E-state index is 12.2. The van der Waals surface area contributed by atoms with Crippen LogP contribution >= 0.6 is 0 Å². The van der Waals surface area contributed by atoms with E-state index in [4.69, 9.17) is 9.15 Å². The average Bonchev–Trinajstić information content (AvgIpc) is 3.02. The molecule has 0 saturated carbocycles. The molecule has 0 radical (unpaired) electrons. The van der Waals surface area contributed by atoms with E-state index in [0.717, 1.165) is 35.9 Å². The molecule has 3 rings (SSSR count). The fraction of sp³-hybridized carbons (Fsp3) is 0.450. The van der Waals surface area contributed by atoms with Crippen molar-refractivity contribution in [2.45, 2.75) is 33.7 Å². The quantitative estimate of drug-likeness (QED) is 0.431. The molecule has 0 aliphatic carbocycles. The number of carbonyl (C=O) groups excluding carboxylic acids is 1. The van der Waals surface area contributed by atoms with E-state index in [9.17, 15) is 4.79 Å². The number of aromatic nitrogens is 1. The van der Waals surface area contributed by atoms with Crippen molar-refractivity contribution in [3.8, 4) is 5.75 Å². The highest BCUT2D eigenvalue weighted by molar-refractivity contribution is 5.97. The second kappa shape index (κ2) is 9.25. The number of para-hydroxylation sites is 2. The minimum Gasteiger partial charge on any atom is -0.482 e. The van der Waals surface area contributed by atoms with Crippen LogP contribution < -0.4 is 20.3 Å². The molecule has 2 heterocycles. The first kappa shape index (κ1) is 19.7. The molecule has 1 aromatic carbocycles. The van der Waals surface area contributed by atoms with Crippen LogP contribution in [0.1, 0.15) is 30.7 Å². The zero-order valence-corrected chi connectivity index (χ0v) is 16.6. The van der Waals surface area contributed by atoms with Crippen LogP contribution in [0.4, 0.5) is 5.69 Å². The SMILES string of the molecule is CCNC(=NCc1nc(C)c(C)o1)NCCCN1C(=O)COc2ccccc21. The molecule has 1 aliphatic heterocycles. The van der Waals surface area contributed by atoms with Crippen molar-refractivity contribution in [1.82, 2.24) is 15.6 Å². The molecule has 0 atom stereocenters. The monoisotopic (exact) mass is 385 g/mol. The normalized spacial score (nSPS) is 13.9. The molecule has 0 unspecified atom stereocenters. The third-order valence-electron chi connectivity index (χ3n) is 4.45. The van der Waals surface area contributed by atoms with Crippen molar-refractivity contribution in [3.05, 3.63) is 41.6 Å². The molecule has 1 amide bonds. The van der Waals surface area contributed by atoms with Crippen LogP contribution in [0.25, 0.3) is 0 Å². The molecule has 150 valence electrons. The van der Waals surface area contributed by atoms with E-state index in [-0.39, 0.29) is 12.5 Å². The van der Waals surface area contributed by atoms with Gasteiger partial charge in [-0.1, -0.05) is 12.1 Å². The van der Waals surface area contributed by atoms with Gasteiger partial charge < -0.3 is 24.7 Å². The molecule has 1 aromatic heterocycles. The van der Waals surface area contributed by atoms with Gasteiger partial charge in [0, 0.05) is 19.6 Å². The van der Waals surface area contributed by atoms with E-state index in [1.165, 1.54) is 0 Å². The Kier molecular flexibility index (Phi) is 6.52. The lowest BCUT2D eigenvalue weighted by molar-refractivity contribution is -0.121. The minimum atomic E-state index is -0.0195. The summed E-state index contributed by atoms with van der Waals surface area (Å²) in [4.78, 5) is 22.8. The van der Waals surface area contributed by atoms with Gasteiger partial charge in [-0.05, 0) is 39.3 Å². The van der Waals surface area contributed by atoms with Crippen molar-refractivity contribution >= 4 is 17.6 Å². The maximum absolute atomic E-state index is 12.2. The van der Waals surface area contributed by atoms with E-state index in [1.807, 2.05) is 45.0 Å². The Morgan fingerprint density at radius 3 is 2.86 bits per heavy atom. The number of carbonyl (C=O) groups is 1. The van der Waals surface area contributed by atoms with Crippen molar-refractivity contribution < 1.29 is 13.9 Å². The number of aliphatic imine (C=N–C) groups is 1. The van der Waals surface area contributed by atoms with Gasteiger partial charge in [-0.15, -0.1) is 0 Å². The number of hydrogen-bond acceptors (Lipinski definition) is 5. The van der Waals surface area contributed by atoms with Crippen LogP contribution in [0, 0.1) is 13.8 Å². The lowest BCUT2D eigenvalue weighted by atomic mass is 10.2. The predicted octanol–water partition coefficient (Wildman–Crippen LogP) is 2.16. The molecule has 28 heavy (non-hydrogen) atoms. The second-order valence-electron chi connectivity index (χ2n) is 6.53. The first-order valence-corrected chi connectivity index (χ1v) is 9.55. The lowest BCUT2D eigenvalue weighted by Crippen LogP contribution is -2.42. The van der Waals surface area contributed by atoms with Gasteiger partial charge in [0.1, 0.15) is 18.1 Å². The van der Waals surface area contributed by atoms with E-state index in [0.29, 0.717) is 31.5 Å². The first-order valence-electron chi connectivity index (χ1n) is 9.55. The van der Waals surface area contributed by atoms with Gasteiger partial charge >= 0.3 is 0 Å².